The molecule has 1 atom stereocenters. The number of hydrogen-bond acceptors (Lipinski definition) is 6. The van der Waals surface area contributed by atoms with E-state index in [9.17, 15) is 4.79 Å². The van der Waals surface area contributed by atoms with Crippen molar-refractivity contribution in [2.75, 3.05) is 12.8 Å². The summed E-state index contributed by atoms with van der Waals surface area (Å²) in [5.74, 6) is 0.0881. The SMILES string of the molecule is COC(=O)C(N)Cc1cc2c(N)nccc2s1.Cl.Cl. The van der Waals surface area contributed by atoms with Crippen molar-refractivity contribution < 1.29 is 9.53 Å². The summed E-state index contributed by atoms with van der Waals surface area (Å²) >= 11 is 1.56. The van der Waals surface area contributed by atoms with Crippen molar-refractivity contribution >= 4 is 58.0 Å². The van der Waals surface area contributed by atoms with Gasteiger partial charge in [-0.1, -0.05) is 0 Å². The minimum atomic E-state index is -0.637. The second-order valence-corrected chi connectivity index (χ2v) is 4.82. The Morgan fingerprint density at radius 3 is 2.79 bits per heavy atom. The number of nitrogens with zero attached hydrogens (tertiary/aromatic N) is 1. The van der Waals surface area contributed by atoms with E-state index in [1.165, 1.54) is 7.11 Å². The van der Waals surface area contributed by atoms with Crippen molar-refractivity contribution in [2.45, 2.75) is 12.5 Å². The predicted octanol–water partition coefficient (Wildman–Crippen LogP) is 1.76. The van der Waals surface area contributed by atoms with Gasteiger partial charge in [-0.05, 0) is 12.1 Å². The van der Waals surface area contributed by atoms with Gasteiger partial charge in [0.25, 0.3) is 0 Å². The van der Waals surface area contributed by atoms with Crippen LogP contribution < -0.4 is 11.5 Å². The number of rotatable bonds is 3. The van der Waals surface area contributed by atoms with Crippen LogP contribution >= 0.6 is 36.2 Å². The second kappa shape index (κ2) is 7.49. The molecule has 4 N–H and O–H groups in total. The molecule has 2 aromatic heterocycles. The van der Waals surface area contributed by atoms with Gasteiger partial charge in [-0.2, -0.15) is 0 Å². The molecule has 1 unspecified atom stereocenters. The fourth-order valence-corrected chi connectivity index (χ4v) is 2.71. The second-order valence-electron chi connectivity index (χ2n) is 3.65. The molecule has 0 radical (unpaired) electrons. The summed E-state index contributed by atoms with van der Waals surface area (Å²) in [6, 6.07) is 3.18. The Bertz CT molecular complexity index is 562. The number of carbonyl (C=O) groups is 1. The molecule has 5 nitrogen and oxygen atoms in total. The normalized spacial score (nSPS) is 11.3. The van der Waals surface area contributed by atoms with Crippen molar-refractivity contribution in [3.8, 4) is 0 Å². The Balaban J connectivity index is 0.00000162. The standard InChI is InChI=1S/C11H13N3O2S.2ClH/c1-16-11(15)8(12)5-6-4-7-9(17-6)2-3-14-10(7)13;;/h2-4,8H,5,12H2,1H3,(H2,13,14);2*1H. The molecule has 0 saturated heterocycles. The molecule has 2 aromatic rings. The van der Waals surface area contributed by atoms with Crippen LogP contribution in [0.4, 0.5) is 5.82 Å². The number of aromatic nitrogens is 1. The van der Waals surface area contributed by atoms with Gasteiger partial charge >= 0.3 is 5.97 Å². The van der Waals surface area contributed by atoms with Crippen LogP contribution in [0, 0.1) is 0 Å². The number of esters is 1. The molecule has 0 aromatic carbocycles. The van der Waals surface area contributed by atoms with E-state index in [4.69, 9.17) is 11.5 Å². The van der Waals surface area contributed by atoms with Gasteiger partial charge in [0.1, 0.15) is 11.9 Å². The van der Waals surface area contributed by atoms with Gasteiger partial charge in [0.2, 0.25) is 0 Å². The Hall–Kier alpha value is -1.08. The number of thiophene rings is 1. The van der Waals surface area contributed by atoms with E-state index in [2.05, 4.69) is 9.72 Å². The Kier molecular flexibility index (Phi) is 7.07. The number of hydrogen-bond donors (Lipinski definition) is 2. The van der Waals surface area contributed by atoms with Gasteiger partial charge in [-0.25, -0.2) is 4.98 Å². The van der Waals surface area contributed by atoms with Gasteiger partial charge in [0.05, 0.1) is 7.11 Å². The lowest BCUT2D eigenvalue weighted by Gasteiger charge is -2.06. The molecule has 106 valence electrons. The lowest BCUT2D eigenvalue weighted by molar-refractivity contribution is -0.142. The molecule has 0 amide bonds. The van der Waals surface area contributed by atoms with Crippen LogP contribution in [-0.4, -0.2) is 24.1 Å². The van der Waals surface area contributed by atoms with E-state index >= 15 is 0 Å². The van der Waals surface area contributed by atoms with Crippen molar-refractivity contribution in [1.82, 2.24) is 4.98 Å². The molecule has 8 heteroatoms. The maximum Gasteiger partial charge on any atom is 0.323 e. The minimum Gasteiger partial charge on any atom is -0.468 e. The highest BCUT2D eigenvalue weighted by Gasteiger charge is 2.16. The van der Waals surface area contributed by atoms with Gasteiger partial charge in [-0.3, -0.25) is 4.79 Å². The third kappa shape index (κ3) is 3.94. The Morgan fingerprint density at radius 1 is 1.53 bits per heavy atom. The molecule has 0 aliphatic carbocycles. The van der Waals surface area contributed by atoms with Crippen LogP contribution in [0.2, 0.25) is 0 Å². The number of methoxy groups -OCH3 is 1. The first-order valence-corrected chi connectivity index (χ1v) is 5.89. The fraction of sp³-hybridized carbons (Fsp3) is 0.273. The summed E-state index contributed by atoms with van der Waals surface area (Å²) in [7, 11) is 1.33. The van der Waals surface area contributed by atoms with Crippen LogP contribution in [0.3, 0.4) is 0 Å². The van der Waals surface area contributed by atoms with Crippen molar-refractivity contribution in [1.29, 1.82) is 0 Å². The lowest BCUT2D eigenvalue weighted by Crippen LogP contribution is -2.33. The quantitative estimate of drug-likeness (QED) is 0.840. The summed E-state index contributed by atoms with van der Waals surface area (Å²) in [5, 5.41) is 0.907. The summed E-state index contributed by atoms with van der Waals surface area (Å²) in [6.07, 6.45) is 2.11. The maximum atomic E-state index is 11.2. The number of halogens is 2. The molecule has 2 heterocycles. The maximum absolute atomic E-state index is 11.2. The highest BCUT2D eigenvalue weighted by Crippen LogP contribution is 2.28. The Morgan fingerprint density at radius 2 is 2.21 bits per heavy atom. The van der Waals surface area contributed by atoms with Crippen molar-refractivity contribution in [3.63, 3.8) is 0 Å². The van der Waals surface area contributed by atoms with Crippen LogP contribution in [-0.2, 0) is 16.0 Å². The molecule has 0 bridgehead atoms. The van der Waals surface area contributed by atoms with Gasteiger partial charge in [-0.15, -0.1) is 36.2 Å². The van der Waals surface area contributed by atoms with Crippen LogP contribution in [0.1, 0.15) is 4.88 Å². The molecule has 0 aliphatic rings. The molecular formula is C11H15Cl2N3O2S. The number of pyridine rings is 1. The van der Waals surface area contributed by atoms with Crippen LogP contribution in [0.5, 0.6) is 0 Å². The minimum absolute atomic E-state index is 0. The van der Waals surface area contributed by atoms with Gasteiger partial charge in [0.15, 0.2) is 0 Å². The largest absolute Gasteiger partial charge is 0.468 e. The lowest BCUT2D eigenvalue weighted by atomic mass is 10.2. The summed E-state index contributed by atoms with van der Waals surface area (Å²) in [6.45, 7) is 0. The third-order valence-electron chi connectivity index (χ3n) is 2.45. The average molecular weight is 324 g/mol. The first-order chi connectivity index (χ1) is 8.11. The molecule has 0 saturated carbocycles. The zero-order chi connectivity index (χ0) is 12.4. The third-order valence-corrected chi connectivity index (χ3v) is 3.57. The molecule has 0 fully saturated rings. The summed E-state index contributed by atoms with van der Waals surface area (Å²) < 4.78 is 5.63. The molecule has 19 heavy (non-hydrogen) atoms. The number of carbonyl (C=O) groups excluding carboxylic acids is 1. The topological polar surface area (TPSA) is 91.2 Å². The zero-order valence-corrected chi connectivity index (χ0v) is 12.6. The summed E-state index contributed by atoms with van der Waals surface area (Å²) in [4.78, 5) is 16.2. The summed E-state index contributed by atoms with van der Waals surface area (Å²) in [5.41, 5.74) is 11.5. The number of nitrogen functional groups attached to an aromatic ring is 1. The van der Waals surface area contributed by atoms with Gasteiger partial charge < -0.3 is 16.2 Å². The van der Waals surface area contributed by atoms with E-state index in [0.29, 0.717) is 12.2 Å². The van der Waals surface area contributed by atoms with Crippen LogP contribution in [0.25, 0.3) is 10.1 Å². The van der Waals surface area contributed by atoms with Crippen LogP contribution in [0.15, 0.2) is 18.3 Å². The van der Waals surface area contributed by atoms with E-state index in [1.54, 1.807) is 17.5 Å². The van der Waals surface area contributed by atoms with E-state index in [1.807, 2.05) is 12.1 Å². The van der Waals surface area contributed by atoms with E-state index < -0.39 is 12.0 Å². The van der Waals surface area contributed by atoms with E-state index in [0.717, 1.165) is 15.0 Å². The molecule has 2 rings (SSSR count). The molecule has 0 spiro atoms. The van der Waals surface area contributed by atoms with Crippen molar-refractivity contribution in [2.24, 2.45) is 5.73 Å². The number of anilines is 1. The highest BCUT2D eigenvalue weighted by atomic mass is 35.5. The highest BCUT2D eigenvalue weighted by molar-refractivity contribution is 7.19. The molecule has 0 aliphatic heterocycles. The van der Waals surface area contributed by atoms with Crippen molar-refractivity contribution in [3.05, 3.63) is 23.2 Å². The number of ether oxygens (including phenoxy) is 1. The monoisotopic (exact) mass is 323 g/mol. The number of nitrogens with two attached hydrogens (primary N) is 2. The molecular weight excluding hydrogens is 309 g/mol. The Labute approximate surface area is 127 Å². The van der Waals surface area contributed by atoms with Gasteiger partial charge in [0, 0.05) is 27.6 Å². The van der Waals surface area contributed by atoms with E-state index in [-0.39, 0.29) is 24.8 Å². The predicted molar refractivity (Wildman–Crippen MR) is 82.2 cm³/mol. The number of fused-ring (bicyclic) bond motifs is 1. The first-order valence-electron chi connectivity index (χ1n) is 5.08. The fourth-order valence-electron chi connectivity index (χ4n) is 1.59. The smallest absolute Gasteiger partial charge is 0.323 e. The zero-order valence-electron chi connectivity index (χ0n) is 10.2. The average Bonchev–Trinajstić information content (AvgIpc) is 2.72. The first kappa shape index (κ1) is 17.9.